The molecule has 0 bridgehead atoms. The van der Waals surface area contributed by atoms with E-state index in [1.54, 1.807) is 19.2 Å². The molecule has 1 unspecified atom stereocenters. The Bertz CT molecular complexity index is 502. The van der Waals surface area contributed by atoms with Gasteiger partial charge in [-0.15, -0.1) is 0 Å². The maximum absolute atomic E-state index is 11.1. The molecule has 5 heteroatoms. The van der Waals surface area contributed by atoms with Crippen LogP contribution >= 0.6 is 0 Å². The third-order valence-corrected chi connectivity index (χ3v) is 4.48. The summed E-state index contributed by atoms with van der Waals surface area (Å²) in [5, 5.41) is 14.1. The van der Waals surface area contributed by atoms with Crippen LogP contribution in [0.3, 0.4) is 0 Å². The van der Waals surface area contributed by atoms with Crippen molar-refractivity contribution in [3.63, 3.8) is 0 Å². The normalized spacial score (nSPS) is 19.4. The standard InChI is InChI=1S/C16H25N3O2/c1-12(2)13-5-4-7-18(8-6-13)15-9-14(17-3)10-16(11-15)19(20)21/h9-13,17H,4-8H2,1-3H3. The molecule has 0 amide bonds. The fraction of sp³-hybridized carbons (Fsp3) is 0.625. The molecule has 0 radical (unpaired) electrons. The number of non-ortho nitro benzene ring substituents is 1. The van der Waals surface area contributed by atoms with Gasteiger partial charge in [-0.2, -0.15) is 0 Å². The summed E-state index contributed by atoms with van der Waals surface area (Å²) in [6, 6.07) is 5.28. The van der Waals surface area contributed by atoms with Gasteiger partial charge in [-0.1, -0.05) is 13.8 Å². The van der Waals surface area contributed by atoms with Crippen LogP contribution in [0, 0.1) is 22.0 Å². The van der Waals surface area contributed by atoms with Crippen molar-refractivity contribution in [1.82, 2.24) is 0 Å². The molecule has 1 aromatic rings. The number of nitro groups is 1. The van der Waals surface area contributed by atoms with Crippen molar-refractivity contribution < 1.29 is 4.92 Å². The first-order valence-electron chi connectivity index (χ1n) is 7.73. The van der Waals surface area contributed by atoms with Crippen LogP contribution in [0.4, 0.5) is 17.1 Å². The first-order valence-corrected chi connectivity index (χ1v) is 7.73. The topological polar surface area (TPSA) is 58.4 Å². The quantitative estimate of drug-likeness (QED) is 0.675. The number of nitrogens with one attached hydrogen (secondary N) is 1. The summed E-state index contributed by atoms with van der Waals surface area (Å²) in [5.41, 5.74) is 1.91. The predicted octanol–water partition coefficient (Wildman–Crippen LogP) is 3.90. The average molecular weight is 291 g/mol. The van der Waals surface area contributed by atoms with Crippen LogP contribution in [-0.4, -0.2) is 25.1 Å². The van der Waals surface area contributed by atoms with Crippen LogP contribution in [0.25, 0.3) is 0 Å². The first kappa shape index (κ1) is 15.6. The number of hydrogen-bond donors (Lipinski definition) is 1. The zero-order chi connectivity index (χ0) is 15.4. The summed E-state index contributed by atoms with van der Waals surface area (Å²) in [4.78, 5) is 13.0. The van der Waals surface area contributed by atoms with Gasteiger partial charge < -0.3 is 10.2 Å². The van der Waals surface area contributed by atoms with Crippen molar-refractivity contribution in [2.75, 3.05) is 30.4 Å². The van der Waals surface area contributed by atoms with Crippen molar-refractivity contribution in [2.45, 2.75) is 33.1 Å². The molecule has 5 nitrogen and oxygen atoms in total. The fourth-order valence-electron chi connectivity index (χ4n) is 3.07. The smallest absolute Gasteiger partial charge is 0.273 e. The summed E-state index contributed by atoms with van der Waals surface area (Å²) in [5.74, 6) is 1.47. The molecule has 1 fully saturated rings. The summed E-state index contributed by atoms with van der Waals surface area (Å²) >= 11 is 0. The summed E-state index contributed by atoms with van der Waals surface area (Å²) < 4.78 is 0. The van der Waals surface area contributed by atoms with Crippen LogP contribution in [0.2, 0.25) is 0 Å². The van der Waals surface area contributed by atoms with E-state index >= 15 is 0 Å². The van der Waals surface area contributed by atoms with Gasteiger partial charge in [0.25, 0.3) is 5.69 Å². The zero-order valence-electron chi connectivity index (χ0n) is 13.1. The maximum Gasteiger partial charge on any atom is 0.273 e. The molecular weight excluding hydrogens is 266 g/mol. The zero-order valence-corrected chi connectivity index (χ0v) is 13.1. The molecule has 21 heavy (non-hydrogen) atoms. The monoisotopic (exact) mass is 291 g/mol. The molecule has 1 aromatic carbocycles. The maximum atomic E-state index is 11.1. The second-order valence-electron chi connectivity index (χ2n) is 6.17. The first-order chi connectivity index (χ1) is 10.0. The van der Waals surface area contributed by atoms with E-state index in [4.69, 9.17) is 0 Å². The van der Waals surface area contributed by atoms with Crippen LogP contribution in [-0.2, 0) is 0 Å². The molecule has 0 spiro atoms. The van der Waals surface area contributed by atoms with Crippen LogP contribution in [0.15, 0.2) is 18.2 Å². The summed E-state index contributed by atoms with van der Waals surface area (Å²) in [6.07, 6.45) is 3.57. The van der Waals surface area contributed by atoms with Crippen molar-refractivity contribution in [2.24, 2.45) is 11.8 Å². The average Bonchev–Trinajstić information content (AvgIpc) is 2.72. The Morgan fingerprint density at radius 2 is 2.05 bits per heavy atom. The predicted molar refractivity (Wildman–Crippen MR) is 87.0 cm³/mol. The van der Waals surface area contributed by atoms with Gasteiger partial charge in [0.2, 0.25) is 0 Å². The Morgan fingerprint density at radius 3 is 2.67 bits per heavy atom. The van der Waals surface area contributed by atoms with Gasteiger partial charge in [-0.25, -0.2) is 0 Å². The number of hydrogen-bond acceptors (Lipinski definition) is 4. The number of benzene rings is 1. The molecule has 0 saturated carbocycles. The van der Waals surface area contributed by atoms with Crippen molar-refractivity contribution in [1.29, 1.82) is 0 Å². The van der Waals surface area contributed by atoms with E-state index in [9.17, 15) is 10.1 Å². The number of rotatable bonds is 4. The highest BCUT2D eigenvalue weighted by Gasteiger charge is 2.21. The van der Waals surface area contributed by atoms with Gasteiger partial charge in [0.05, 0.1) is 4.92 Å². The Balaban J connectivity index is 2.20. The van der Waals surface area contributed by atoms with E-state index in [1.165, 1.54) is 6.42 Å². The minimum atomic E-state index is -0.320. The lowest BCUT2D eigenvalue weighted by atomic mass is 9.89. The molecule has 1 aliphatic rings. The van der Waals surface area contributed by atoms with E-state index < -0.39 is 0 Å². The van der Waals surface area contributed by atoms with Gasteiger partial charge in [0.1, 0.15) is 0 Å². The molecule has 0 aromatic heterocycles. The molecule has 2 rings (SSSR count). The van der Waals surface area contributed by atoms with Gasteiger partial charge >= 0.3 is 0 Å². The number of anilines is 2. The lowest BCUT2D eigenvalue weighted by molar-refractivity contribution is -0.384. The molecule has 1 heterocycles. The van der Waals surface area contributed by atoms with Gasteiger partial charge in [0, 0.05) is 43.6 Å². The molecular formula is C16H25N3O2. The van der Waals surface area contributed by atoms with Crippen LogP contribution in [0.5, 0.6) is 0 Å². The SMILES string of the molecule is CNc1cc(N2CCCC(C(C)C)CC2)cc([N+](=O)[O-])c1. The van der Waals surface area contributed by atoms with Crippen molar-refractivity contribution >= 4 is 17.1 Å². The third kappa shape index (κ3) is 3.86. The van der Waals surface area contributed by atoms with E-state index in [-0.39, 0.29) is 10.6 Å². The number of nitro benzene ring substituents is 1. The van der Waals surface area contributed by atoms with E-state index in [0.717, 1.165) is 43.2 Å². The third-order valence-electron chi connectivity index (χ3n) is 4.48. The Hall–Kier alpha value is -1.78. The summed E-state index contributed by atoms with van der Waals surface area (Å²) in [6.45, 7) is 6.53. The van der Waals surface area contributed by atoms with Gasteiger partial charge in [0.15, 0.2) is 0 Å². The minimum Gasteiger partial charge on any atom is -0.388 e. The van der Waals surface area contributed by atoms with Crippen LogP contribution < -0.4 is 10.2 Å². The second kappa shape index (κ2) is 6.78. The van der Waals surface area contributed by atoms with Crippen LogP contribution in [0.1, 0.15) is 33.1 Å². The van der Waals surface area contributed by atoms with E-state index in [2.05, 4.69) is 24.1 Å². The Labute approximate surface area is 126 Å². The highest BCUT2D eigenvalue weighted by atomic mass is 16.6. The van der Waals surface area contributed by atoms with Gasteiger partial charge in [-0.05, 0) is 37.2 Å². The summed E-state index contributed by atoms with van der Waals surface area (Å²) in [7, 11) is 1.79. The van der Waals surface area contributed by atoms with E-state index in [0.29, 0.717) is 5.92 Å². The van der Waals surface area contributed by atoms with Crippen molar-refractivity contribution in [3.05, 3.63) is 28.3 Å². The minimum absolute atomic E-state index is 0.154. The largest absolute Gasteiger partial charge is 0.388 e. The Kier molecular flexibility index (Phi) is 5.04. The fourth-order valence-corrected chi connectivity index (χ4v) is 3.07. The van der Waals surface area contributed by atoms with Gasteiger partial charge in [-0.3, -0.25) is 10.1 Å². The molecule has 1 atom stereocenters. The highest BCUT2D eigenvalue weighted by Crippen LogP contribution is 2.31. The lowest BCUT2D eigenvalue weighted by Crippen LogP contribution is -2.24. The number of nitrogens with zero attached hydrogens (tertiary/aromatic N) is 2. The van der Waals surface area contributed by atoms with E-state index in [1.807, 2.05) is 6.07 Å². The molecule has 1 N–H and O–H groups in total. The highest BCUT2D eigenvalue weighted by molar-refractivity contribution is 5.64. The Morgan fingerprint density at radius 1 is 1.29 bits per heavy atom. The molecule has 116 valence electrons. The molecule has 1 saturated heterocycles. The second-order valence-corrected chi connectivity index (χ2v) is 6.17. The lowest BCUT2D eigenvalue weighted by Gasteiger charge is -2.24. The van der Waals surface area contributed by atoms with Crippen molar-refractivity contribution in [3.8, 4) is 0 Å². The molecule has 0 aliphatic carbocycles. The molecule has 1 aliphatic heterocycles.